The summed E-state index contributed by atoms with van der Waals surface area (Å²) < 4.78 is 0. The van der Waals surface area contributed by atoms with Crippen LogP contribution in [0.2, 0.25) is 0 Å². The summed E-state index contributed by atoms with van der Waals surface area (Å²) in [6.07, 6.45) is 2.52. The second-order valence-electron chi connectivity index (χ2n) is 3.56. The Labute approximate surface area is 79.9 Å². The molecule has 1 heterocycles. The van der Waals surface area contributed by atoms with Gasteiger partial charge in [0.25, 0.3) is 0 Å². The first-order valence-electron chi connectivity index (χ1n) is 4.74. The molecule has 0 atom stereocenters. The van der Waals surface area contributed by atoms with Crippen molar-refractivity contribution in [1.82, 2.24) is 4.90 Å². The van der Waals surface area contributed by atoms with Gasteiger partial charge in [0.15, 0.2) is 0 Å². The molecular formula is C9H20N2S. The highest BCUT2D eigenvalue weighted by atomic mass is 32.2. The summed E-state index contributed by atoms with van der Waals surface area (Å²) in [6.45, 7) is 4.14. The van der Waals surface area contributed by atoms with Crippen LogP contribution in [0.4, 0.5) is 0 Å². The van der Waals surface area contributed by atoms with E-state index in [1.807, 2.05) is 0 Å². The van der Waals surface area contributed by atoms with Crippen LogP contribution in [0.25, 0.3) is 0 Å². The SMILES string of the molecule is CCN(C)C1(CN)CCSCC1. The molecule has 12 heavy (non-hydrogen) atoms. The molecule has 0 spiro atoms. The third kappa shape index (κ3) is 1.95. The average molecular weight is 188 g/mol. The van der Waals surface area contributed by atoms with Gasteiger partial charge in [-0.3, -0.25) is 4.90 Å². The van der Waals surface area contributed by atoms with Crippen LogP contribution in [-0.2, 0) is 0 Å². The fraction of sp³-hybridized carbons (Fsp3) is 1.00. The van der Waals surface area contributed by atoms with Crippen LogP contribution in [0.15, 0.2) is 0 Å². The van der Waals surface area contributed by atoms with Crippen LogP contribution in [-0.4, -0.2) is 42.1 Å². The van der Waals surface area contributed by atoms with Gasteiger partial charge in [0.1, 0.15) is 0 Å². The van der Waals surface area contributed by atoms with Crippen molar-refractivity contribution in [2.24, 2.45) is 5.73 Å². The zero-order valence-corrected chi connectivity index (χ0v) is 8.99. The van der Waals surface area contributed by atoms with E-state index in [0.29, 0.717) is 5.54 Å². The number of rotatable bonds is 3. The summed E-state index contributed by atoms with van der Waals surface area (Å²) in [6, 6.07) is 0. The van der Waals surface area contributed by atoms with Crippen molar-refractivity contribution in [2.75, 3.05) is 31.6 Å². The van der Waals surface area contributed by atoms with Gasteiger partial charge in [-0.05, 0) is 37.9 Å². The number of hydrogen-bond donors (Lipinski definition) is 1. The lowest BCUT2D eigenvalue weighted by Crippen LogP contribution is -2.54. The minimum atomic E-state index is 0.319. The van der Waals surface area contributed by atoms with Gasteiger partial charge in [-0.1, -0.05) is 6.92 Å². The summed E-state index contributed by atoms with van der Waals surface area (Å²) in [5.41, 5.74) is 6.18. The quantitative estimate of drug-likeness (QED) is 0.721. The topological polar surface area (TPSA) is 29.3 Å². The van der Waals surface area contributed by atoms with Gasteiger partial charge in [-0.2, -0.15) is 11.8 Å². The van der Waals surface area contributed by atoms with Crippen molar-refractivity contribution in [2.45, 2.75) is 25.3 Å². The molecule has 0 aromatic heterocycles. The van der Waals surface area contributed by atoms with E-state index in [4.69, 9.17) is 5.73 Å². The molecule has 0 aromatic rings. The largest absolute Gasteiger partial charge is 0.329 e. The molecule has 0 bridgehead atoms. The van der Waals surface area contributed by atoms with Gasteiger partial charge in [0.2, 0.25) is 0 Å². The highest BCUT2D eigenvalue weighted by Crippen LogP contribution is 2.30. The highest BCUT2D eigenvalue weighted by Gasteiger charge is 2.33. The third-order valence-corrected chi connectivity index (χ3v) is 4.07. The molecule has 1 aliphatic heterocycles. The lowest BCUT2D eigenvalue weighted by Gasteiger charge is -2.43. The second kappa shape index (κ2) is 4.49. The zero-order chi connectivity index (χ0) is 9.03. The second-order valence-corrected chi connectivity index (χ2v) is 4.78. The maximum atomic E-state index is 5.86. The van der Waals surface area contributed by atoms with Crippen molar-refractivity contribution < 1.29 is 0 Å². The molecule has 0 unspecified atom stereocenters. The standard InChI is InChI=1S/C9H20N2S/c1-3-11(2)9(8-10)4-6-12-7-5-9/h3-8,10H2,1-2H3. The third-order valence-electron chi connectivity index (χ3n) is 3.09. The summed E-state index contributed by atoms with van der Waals surface area (Å²) in [5.74, 6) is 2.56. The van der Waals surface area contributed by atoms with Crippen LogP contribution >= 0.6 is 11.8 Å². The van der Waals surface area contributed by atoms with Gasteiger partial charge in [0, 0.05) is 12.1 Å². The van der Waals surface area contributed by atoms with Crippen LogP contribution in [0.5, 0.6) is 0 Å². The van der Waals surface area contributed by atoms with Crippen LogP contribution in [0, 0.1) is 0 Å². The lowest BCUT2D eigenvalue weighted by molar-refractivity contribution is 0.122. The first-order valence-corrected chi connectivity index (χ1v) is 5.90. The maximum absolute atomic E-state index is 5.86. The Morgan fingerprint density at radius 2 is 2.00 bits per heavy atom. The molecule has 2 N–H and O–H groups in total. The van der Waals surface area contributed by atoms with E-state index in [1.165, 1.54) is 24.3 Å². The number of likely N-dealkylation sites (N-methyl/N-ethyl adjacent to an activating group) is 1. The van der Waals surface area contributed by atoms with Crippen LogP contribution < -0.4 is 5.73 Å². The van der Waals surface area contributed by atoms with Gasteiger partial charge in [0.05, 0.1) is 0 Å². The summed E-state index contributed by atoms with van der Waals surface area (Å²) in [4.78, 5) is 2.42. The van der Waals surface area contributed by atoms with E-state index in [1.54, 1.807) is 0 Å². The van der Waals surface area contributed by atoms with Crippen molar-refractivity contribution in [3.63, 3.8) is 0 Å². The van der Waals surface area contributed by atoms with Crippen molar-refractivity contribution in [3.8, 4) is 0 Å². The normalized spacial score (nSPS) is 23.0. The highest BCUT2D eigenvalue weighted by molar-refractivity contribution is 7.99. The molecule has 1 rings (SSSR count). The van der Waals surface area contributed by atoms with Crippen LogP contribution in [0.3, 0.4) is 0 Å². The maximum Gasteiger partial charge on any atom is 0.0344 e. The Hall–Kier alpha value is 0.270. The molecule has 0 radical (unpaired) electrons. The summed E-state index contributed by atoms with van der Waals surface area (Å²) in [7, 11) is 2.20. The Kier molecular flexibility index (Phi) is 3.87. The van der Waals surface area contributed by atoms with Gasteiger partial charge < -0.3 is 5.73 Å². The minimum Gasteiger partial charge on any atom is -0.329 e. The fourth-order valence-electron chi connectivity index (χ4n) is 1.83. The Balaban J connectivity index is 2.59. The summed E-state index contributed by atoms with van der Waals surface area (Å²) in [5, 5.41) is 0. The van der Waals surface area contributed by atoms with E-state index >= 15 is 0 Å². The number of thioether (sulfide) groups is 1. The monoisotopic (exact) mass is 188 g/mol. The summed E-state index contributed by atoms with van der Waals surface area (Å²) >= 11 is 2.06. The predicted octanol–water partition coefficient (Wildman–Crippen LogP) is 1.16. The average Bonchev–Trinajstić information content (AvgIpc) is 2.17. The molecule has 72 valence electrons. The fourth-order valence-corrected chi connectivity index (χ4v) is 3.08. The van der Waals surface area contributed by atoms with E-state index in [9.17, 15) is 0 Å². The first kappa shape index (κ1) is 10.4. The Morgan fingerprint density at radius 3 is 2.42 bits per heavy atom. The van der Waals surface area contributed by atoms with E-state index < -0.39 is 0 Å². The van der Waals surface area contributed by atoms with Gasteiger partial charge >= 0.3 is 0 Å². The van der Waals surface area contributed by atoms with E-state index in [-0.39, 0.29) is 0 Å². The molecule has 0 aromatic carbocycles. The molecule has 0 amide bonds. The zero-order valence-electron chi connectivity index (χ0n) is 8.18. The van der Waals surface area contributed by atoms with Crippen molar-refractivity contribution >= 4 is 11.8 Å². The van der Waals surface area contributed by atoms with E-state index in [0.717, 1.165) is 13.1 Å². The lowest BCUT2D eigenvalue weighted by atomic mass is 9.90. The molecular weight excluding hydrogens is 168 g/mol. The van der Waals surface area contributed by atoms with Crippen molar-refractivity contribution in [1.29, 1.82) is 0 Å². The molecule has 2 nitrogen and oxygen atoms in total. The molecule has 1 fully saturated rings. The minimum absolute atomic E-state index is 0.319. The van der Waals surface area contributed by atoms with Gasteiger partial charge in [-0.25, -0.2) is 0 Å². The number of nitrogens with two attached hydrogens (primary N) is 1. The number of hydrogen-bond acceptors (Lipinski definition) is 3. The van der Waals surface area contributed by atoms with Crippen LogP contribution in [0.1, 0.15) is 19.8 Å². The molecule has 3 heteroatoms. The van der Waals surface area contributed by atoms with Crippen molar-refractivity contribution in [3.05, 3.63) is 0 Å². The Morgan fingerprint density at radius 1 is 1.42 bits per heavy atom. The first-order chi connectivity index (χ1) is 5.75. The molecule has 0 aliphatic carbocycles. The molecule has 0 saturated carbocycles. The molecule has 1 saturated heterocycles. The predicted molar refractivity (Wildman–Crippen MR) is 56.6 cm³/mol. The molecule has 1 aliphatic rings. The smallest absolute Gasteiger partial charge is 0.0344 e. The van der Waals surface area contributed by atoms with E-state index in [2.05, 4.69) is 30.6 Å². The number of nitrogens with zero attached hydrogens (tertiary/aromatic N) is 1. The van der Waals surface area contributed by atoms with Gasteiger partial charge in [-0.15, -0.1) is 0 Å². The Bertz CT molecular complexity index is 132.